The highest BCUT2D eigenvalue weighted by Gasteiger charge is 2.02. The zero-order valence-electron chi connectivity index (χ0n) is 9.68. The van der Waals surface area contributed by atoms with Crippen LogP contribution in [-0.4, -0.2) is 17.4 Å². The Hall–Kier alpha value is -0.740. The highest BCUT2D eigenvalue weighted by Crippen LogP contribution is 2.26. The summed E-state index contributed by atoms with van der Waals surface area (Å²) in [6, 6.07) is 11.6. The molecule has 2 N–H and O–H groups in total. The maximum atomic E-state index is 5.97. The third kappa shape index (κ3) is 4.86. The van der Waals surface area contributed by atoms with E-state index in [0.29, 0.717) is 17.6 Å². The van der Waals surface area contributed by atoms with Crippen molar-refractivity contribution in [1.29, 1.82) is 0 Å². The number of nitrogens with two attached hydrogens (primary N) is 1. The molecule has 2 nitrogen and oxygen atoms in total. The molecule has 1 aromatic carbocycles. The number of pyridine rings is 1. The number of hydrogen-bond donors (Lipinski definition) is 2. The predicted octanol–water partition coefficient (Wildman–Crippen LogP) is 3.87. The predicted molar refractivity (Wildman–Crippen MR) is 81.7 cm³/mol. The summed E-state index contributed by atoms with van der Waals surface area (Å²) in [5.74, 6) is 0.569. The summed E-state index contributed by atoms with van der Waals surface area (Å²) < 4.78 is 0. The van der Waals surface area contributed by atoms with Crippen molar-refractivity contribution >= 4 is 35.8 Å². The van der Waals surface area contributed by atoms with Crippen molar-refractivity contribution < 1.29 is 0 Å². The number of aromatic nitrogens is 1. The van der Waals surface area contributed by atoms with Crippen LogP contribution in [-0.2, 0) is 0 Å². The lowest BCUT2D eigenvalue weighted by Gasteiger charge is -2.02. The fourth-order valence-electron chi connectivity index (χ4n) is 1.24. The lowest BCUT2D eigenvalue weighted by atomic mass is 10.1. The molecule has 0 saturated carbocycles. The molecular formula is C13H14Cl2N2S. The van der Waals surface area contributed by atoms with Crippen LogP contribution < -0.4 is 5.73 Å². The SMILES string of the molecule is NCCCl.Sc1ccc(-c2cccnc2Cl)cc1. The van der Waals surface area contributed by atoms with Crippen LogP contribution in [0.3, 0.4) is 0 Å². The third-order valence-electron chi connectivity index (χ3n) is 2.05. The van der Waals surface area contributed by atoms with Gasteiger partial charge in [0.25, 0.3) is 0 Å². The number of alkyl halides is 1. The molecule has 0 bridgehead atoms. The maximum absolute atomic E-state index is 5.97. The van der Waals surface area contributed by atoms with Crippen molar-refractivity contribution in [3.63, 3.8) is 0 Å². The molecular weight excluding hydrogens is 287 g/mol. The zero-order valence-corrected chi connectivity index (χ0v) is 12.1. The van der Waals surface area contributed by atoms with Crippen LogP contribution in [0.25, 0.3) is 11.1 Å². The van der Waals surface area contributed by atoms with E-state index in [9.17, 15) is 0 Å². The van der Waals surface area contributed by atoms with Crippen LogP contribution in [0.5, 0.6) is 0 Å². The van der Waals surface area contributed by atoms with E-state index >= 15 is 0 Å². The molecule has 18 heavy (non-hydrogen) atoms. The molecule has 2 rings (SSSR count). The Morgan fingerprint density at radius 3 is 2.28 bits per heavy atom. The first-order chi connectivity index (χ1) is 8.69. The highest BCUT2D eigenvalue weighted by atomic mass is 35.5. The van der Waals surface area contributed by atoms with Gasteiger partial charge in [0.05, 0.1) is 0 Å². The van der Waals surface area contributed by atoms with E-state index < -0.39 is 0 Å². The minimum atomic E-state index is 0.527. The van der Waals surface area contributed by atoms with E-state index in [-0.39, 0.29) is 0 Å². The maximum Gasteiger partial charge on any atom is 0.136 e. The Morgan fingerprint density at radius 1 is 1.17 bits per heavy atom. The fourth-order valence-corrected chi connectivity index (χ4v) is 1.62. The third-order valence-corrected chi connectivity index (χ3v) is 2.86. The lowest BCUT2D eigenvalue weighted by molar-refractivity contribution is 1.14. The van der Waals surface area contributed by atoms with Gasteiger partial charge in [-0.2, -0.15) is 0 Å². The average molecular weight is 301 g/mol. The van der Waals surface area contributed by atoms with Crippen molar-refractivity contribution in [3.05, 3.63) is 47.7 Å². The van der Waals surface area contributed by atoms with E-state index in [1.54, 1.807) is 6.20 Å². The van der Waals surface area contributed by atoms with E-state index in [0.717, 1.165) is 16.0 Å². The van der Waals surface area contributed by atoms with Gasteiger partial charge in [-0.05, 0) is 29.8 Å². The molecule has 5 heteroatoms. The van der Waals surface area contributed by atoms with Gasteiger partial charge in [-0.15, -0.1) is 24.2 Å². The normalized spacial score (nSPS) is 9.56. The number of hydrogen-bond acceptors (Lipinski definition) is 3. The molecule has 0 unspecified atom stereocenters. The summed E-state index contributed by atoms with van der Waals surface area (Å²) >= 11 is 15.3. The molecule has 0 aliphatic heterocycles. The number of benzene rings is 1. The zero-order chi connectivity index (χ0) is 13.4. The van der Waals surface area contributed by atoms with Crippen molar-refractivity contribution in [2.75, 3.05) is 12.4 Å². The molecule has 0 radical (unpaired) electrons. The van der Waals surface area contributed by atoms with E-state index in [4.69, 9.17) is 28.9 Å². The molecule has 0 aliphatic rings. The van der Waals surface area contributed by atoms with Crippen LogP contribution in [0.15, 0.2) is 47.5 Å². The van der Waals surface area contributed by atoms with Crippen LogP contribution in [0.1, 0.15) is 0 Å². The largest absolute Gasteiger partial charge is 0.329 e. The highest BCUT2D eigenvalue weighted by molar-refractivity contribution is 7.80. The molecule has 0 fully saturated rings. The van der Waals surface area contributed by atoms with Gasteiger partial charge in [-0.25, -0.2) is 4.98 Å². The molecule has 0 spiro atoms. The first kappa shape index (κ1) is 15.3. The monoisotopic (exact) mass is 300 g/mol. The Kier molecular flexibility index (Phi) is 7.13. The van der Waals surface area contributed by atoms with Crippen LogP contribution >= 0.6 is 35.8 Å². The molecule has 0 aliphatic carbocycles. The molecule has 2 aromatic rings. The molecule has 0 saturated heterocycles. The summed E-state index contributed by atoms with van der Waals surface area (Å²) in [5.41, 5.74) is 6.90. The topological polar surface area (TPSA) is 38.9 Å². The molecule has 1 aromatic heterocycles. The van der Waals surface area contributed by atoms with Crippen LogP contribution in [0, 0.1) is 0 Å². The van der Waals surface area contributed by atoms with Crippen molar-refractivity contribution in [1.82, 2.24) is 4.98 Å². The quantitative estimate of drug-likeness (QED) is 0.502. The van der Waals surface area contributed by atoms with Crippen LogP contribution in [0.4, 0.5) is 0 Å². The Bertz CT molecular complexity index is 473. The Labute approximate surface area is 123 Å². The van der Waals surface area contributed by atoms with Gasteiger partial charge in [-0.3, -0.25) is 0 Å². The van der Waals surface area contributed by atoms with Crippen molar-refractivity contribution in [3.8, 4) is 11.1 Å². The molecule has 0 atom stereocenters. The van der Waals surface area contributed by atoms with Gasteiger partial charge >= 0.3 is 0 Å². The smallest absolute Gasteiger partial charge is 0.136 e. The van der Waals surface area contributed by atoms with E-state index in [2.05, 4.69) is 17.6 Å². The molecule has 96 valence electrons. The van der Waals surface area contributed by atoms with Gasteiger partial charge in [-0.1, -0.05) is 23.7 Å². The Balaban J connectivity index is 0.000000357. The average Bonchev–Trinajstić information content (AvgIpc) is 2.41. The number of halogens is 2. The summed E-state index contributed by atoms with van der Waals surface area (Å²) in [7, 11) is 0. The Morgan fingerprint density at radius 2 is 1.78 bits per heavy atom. The van der Waals surface area contributed by atoms with Gasteiger partial charge in [0.15, 0.2) is 0 Å². The fraction of sp³-hybridized carbons (Fsp3) is 0.154. The van der Waals surface area contributed by atoms with E-state index in [1.807, 2.05) is 36.4 Å². The summed E-state index contributed by atoms with van der Waals surface area (Å²) in [5, 5.41) is 0.527. The minimum Gasteiger partial charge on any atom is -0.329 e. The van der Waals surface area contributed by atoms with Crippen molar-refractivity contribution in [2.45, 2.75) is 4.90 Å². The second kappa shape index (κ2) is 8.38. The first-order valence-corrected chi connectivity index (χ1v) is 6.71. The summed E-state index contributed by atoms with van der Waals surface area (Å²) in [6.45, 7) is 0.585. The van der Waals surface area contributed by atoms with E-state index in [1.165, 1.54) is 0 Å². The first-order valence-electron chi connectivity index (χ1n) is 5.35. The van der Waals surface area contributed by atoms with Gasteiger partial charge in [0.1, 0.15) is 5.15 Å². The number of thiol groups is 1. The lowest BCUT2D eigenvalue weighted by Crippen LogP contribution is -1.97. The standard InChI is InChI=1S/C11H8ClNS.C2H6ClN/c12-11-10(2-1-7-13-11)8-3-5-9(14)6-4-8;3-1-2-4/h1-7,14H;1-2,4H2. The number of rotatable bonds is 2. The van der Waals surface area contributed by atoms with Crippen molar-refractivity contribution in [2.24, 2.45) is 5.73 Å². The van der Waals surface area contributed by atoms with Crippen LogP contribution in [0.2, 0.25) is 5.15 Å². The molecule has 1 heterocycles. The van der Waals surface area contributed by atoms with Gasteiger partial charge < -0.3 is 5.73 Å². The number of nitrogens with zero attached hydrogens (tertiary/aromatic N) is 1. The summed E-state index contributed by atoms with van der Waals surface area (Å²) in [4.78, 5) is 4.96. The van der Waals surface area contributed by atoms with Gasteiger partial charge in [0.2, 0.25) is 0 Å². The summed E-state index contributed by atoms with van der Waals surface area (Å²) in [6.07, 6.45) is 1.68. The second-order valence-electron chi connectivity index (χ2n) is 3.37. The molecule has 0 amide bonds. The minimum absolute atomic E-state index is 0.527. The second-order valence-corrected chi connectivity index (χ2v) is 4.62. The van der Waals surface area contributed by atoms with Gasteiger partial charge in [0, 0.05) is 29.1 Å².